The molecule has 0 bridgehead atoms. The molecule has 118 valence electrons. The minimum Gasteiger partial charge on any atom is -0.378 e. The van der Waals surface area contributed by atoms with Crippen molar-refractivity contribution in [2.45, 2.75) is 51.2 Å². The van der Waals surface area contributed by atoms with Gasteiger partial charge in [-0.15, -0.1) is 11.3 Å². The molecule has 5 heteroatoms. The van der Waals surface area contributed by atoms with Crippen molar-refractivity contribution < 1.29 is 9.53 Å². The van der Waals surface area contributed by atoms with Crippen molar-refractivity contribution in [2.24, 2.45) is 0 Å². The molecule has 0 saturated heterocycles. The Morgan fingerprint density at radius 1 is 1.52 bits per heavy atom. The largest absolute Gasteiger partial charge is 0.378 e. The van der Waals surface area contributed by atoms with Gasteiger partial charge in [0.2, 0.25) is 0 Å². The predicted molar refractivity (Wildman–Crippen MR) is 86.7 cm³/mol. The lowest BCUT2D eigenvalue weighted by atomic mass is 10.2. The van der Waals surface area contributed by atoms with Gasteiger partial charge in [0.05, 0.1) is 12.1 Å². The summed E-state index contributed by atoms with van der Waals surface area (Å²) >= 11 is 1.68. The molecule has 2 amide bonds. The van der Waals surface area contributed by atoms with Crippen molar-refractivity contribution in [3.05, 3.63) is 22.4 Å². The van der Waals surface area contributed by atoms with Gasteiger partial charge in [-0.25, -0.2) is 4.79 Å². The molecule has 0 unspecified atom stereocenters. The second-order valence-electron chi connectivity index (χ2n) is 5.67. The van der Waals surface area contributed by atoms with E-state index in [1.165, 1.54) is 30.6 Å². The van der Waals surface area contributed by atoms with E-state index in [1.807, 2.05) is 18.5 Å². The molecule has 2 rings (SSSR count). The summed E-state index contributed by atoms with van der Waals surface area (Å²) in [6, 6.07) is 4.17. The van der Waals surface area contributed by atoms with E-state index in [1.54, 1.807) is 16.2 Å². The molecule has 0 aliphatic heterocycles. The van der Waals surface area contributed by atoms with Gasteiger partial charge < -0.3 is 15.0 Å². The summed E-state index contributed by atoms with van der Waals surface area (Å²) in [5, 5.41) is 5.00. The molecule has 1 aromatic rings. The van der Waals surface area contributed by atoms with E-state index >= 15 is 0 Å². The lowest BCUT2D eigenvalue weighted by molar-refractivity contribution is 0.0570. The highest BCUT2D eigenvalue weighted by atomic mass is 32.1. The highest BCUT2D eigenvalue weighted by Crippen LogP contribution is 2.23. The Bertz CT molecular complexity index is 416. The lowest BCUT2D eigenvalue weighted by Crippen LogP contribution is -2.39. The number of rotatable bonds is 7. The van der Waals surface area contributed by atoms with E-state index in [4.69, 9.17) is 4.74 Å². The van der Waals surface area contributed by atoms with Gasteiger partial charge in [-0.05, 0) is 37.6 Å². The minimum atomic E-state index is -0.0169. The fourth-order valence-electron chi connectivity index (χ4n) is 2.59. The maximum absolute atomic E-state index is 12.1. The van der Waals surface area contributed by atoms with E-state index in [-0.39, 0.29) is 12.1 Å². The highest BCUT2D eigenvalue weighted by Gasteiger charge is 2.18. The van der Waals surface area contributed by atoms with E-state index in [0.717, 1.165) is 13.0 Å². The average Bonchev–Trinajstić information content (AvgIpc) is 3.18. The Balaban J connectivity index is 1.60. The maximum Gasteiger partial charge on any atom is 0.317 e. The van der Waals surface area contributed by atoms with Crippen LogP contribution in [0, 0.1) is 0 Å². The predicted octanol–water partition coefficient (Wildman–Crippen LogP) is 3.80. The highest BCUT2D eigenvalue weighted by molar-refractivity contribution is 7.10. The van der Waals surface area contributed by atoms with Crippen LogP contribution in [0.5, 0.6) is 0 Å². The number of thiophene rings is 1. The Morgan fingerprint density at radius 3 is 2.95 bits per heavy atom. The number of hydrogen-bond acceptors (Lipinski definition) is 3. The van der Waals surface area contributed by atoms with Crippen molar-refractivity contribution in [1.82, 2.24) is 10.2 Å². The van der Waals surface area contributed by atoms with E-state index < -0.39 is 0 Å². The zero-order chi connectivity index (χ0) is 15.1. The van der Waals surface area contributed by atoms with Gasteiger partial charge in [0, 0.05) is 25.1 Å². The topological polar surface area (TPSA) is 41.6 Å². The Kier molecular flexibility index (Phi) is 6.51. The Hall–Kier alpha value is -1.07. The summed E-state index contributed by atoms with van der Waals surface area (Å²) in [5.41, 5.74) is 0. The molecule has 21 heavy (non-hydrogen) atoms. The molecule has 0 spiro atoms. The molecule has 1 fully saturated rings. The van der Waals surface area contributed by atoms with Gasteiger partial charge in [0.15, 0.2) is 0 Å². The second kappa shape index (κ2) is 8.39. The van der Waals surface area contributed by atoms with Crippen molar-refractivity contribution in [3.8, 4) is 0 Å². The molecule has 0 radical (unpaired) electrons. The number of ether oxygens (including phenoxy) is 1. The normalized spacial score (nSPS) is 16.9. The number of carbonyl (C=O) groups excluding carboxylic acids is 1. The molecule has 1 N–H and O–H groups in total. The maximum atomic E-state index is 12.1. The molecule has 1 aliphatic carbocycles. The molecule has 1 aromatic heterocycles. The average molecular weight is 310 g/mol. The summed E-state index contributed by atoms with van der Waals surface area (Å²) in [6.45, 7) is 3.47. The van der Waals surface area contributed by atoms with Gasteiger partial charge >= 0.3 is 6.03 Å². The first-order valence-corrected chi connectivity index (χ1v) is 8.72. The SMILES string of the molecule is C[C@H](c1cccs1)N(C)C(=O)NCCCOC1CCCC1. The van der Waals surface area contributed by atoms with Crippen LogP contribution >= 0.6 is 11.3 Å². The molecular weight excluding hydrogens is 284 g/mol. The zero-order valence-electron chi connectivity index (χ0n) is 13.0. The van der Waals surface area contributed by atoms with Crippen molar-refractivity contribution in [2.75, 3.05) is 20.2 Å². The van der Waals surface area contributed by atoms with Crippen LogP contribution in [0.1, 0.15) is 49.9 Å². The minimum absolute atomic E-state index is 0.0169. The van der Waals surface area contributed by atoms with Crippen molar-refractivity contribution in [3.63, 3.8) is 0 Å². The molecule has 1 atom stereocenters. The fraction of sp³-hybridized carbons (Fsp3) is 0.688. The monoisotopic (exact) mass is 310 g/mol. The molecule has 1 saturated carbocycles. The number of hydrogen-bond donors (Lipinski definition) is 1. The molecular formula is C16H26N2O2S. The van der Waals surface area contributed by atoms with Crippen LogP contribution in [0.2, 0.25) is 0 Å². The number of nitrogens with one attached hydrogen (secondary N) is 1. The lowest BCUT2D eigenvalue weighted by Gasteiger charge is -2.24. The van der Waals surface area contributed by atoms with Gasteiger partial charge in [-0.2, -0.15) is 0 Å². The fourth-order valence-corrected chi connectivity index (χ4v) is 3.42. The van der Waals surface area contributed by atoms with Crippen molar-refractivity contribution in [1.29, 1.82) is 0 Å². The van der Waals surface area contributed by atoms with Gasteiger partial charge in [0.25, 0.3) is 0 Å². The summed E-state index contributed by atoms with van der Waals surface area (Å²) in [7, 11) is 1.84. The molecule has 0 aromatic carbocycles. The number of amides is 2. The summed E-state index contributed by atoms with van der Waals surface area (Å²) in [5.74, 6) is 0. The van der Waals surface area contributed by atoms with Gasteiger partial charge in [0.1, 0.15) is 0 Å². The first kappa shape index (κ1) is 16.3. The third kappa shape index (κ3) is 5.00. The van der Waals surface area contributed by atoms with Crippen LogP contribution in [0.15, 0.2) is 17.5 Å². The Morgan fingerprint density at radius 2 is 2.29 bits per heavy atom. The first-order chi connectivity index (χ1) is 10.2. The van der Waals surface area contributed by atoms with E-state index in [9.17, 15) is 4.79 Å². The van der Waals surface area contributed by atoms with Crippen LogP contribution in [-0.4, -0.2) is 37.2 Å². The molecule has 1 heterocycles. The summed E-state index contributed by atoms with van der Waals surface area (Å²) in [4.78, 5) is 15.0. The van der Waals surface area contributed by atoms with E-state index in [0.29, 0.717) is 12.6 Å². The smallest absolute Gasteiger partial charge is 0.317 e. The van der Waals surface area contributed by atoms with Crippen molar-refractivity contribution >= 4 is 17.4 Å². The number of urea groups is 1. The number of nitrogens with zero attached hydrogens (tertiary/aromatic N) is 1. The van der Waals surface area contributed by atoms with Crippen LogP contribution in [0.3, 0.4) is 0 Å². The van der Waals surface area contributed by atoms with Crippen LogP contribution in [0.4, 0.5) is 4.79 Å². The van der Waals surface area contributed by atoms with E-state index in [2.05, 4.69) is 18.3 Å². The standard InChI is InChI=1S/C16H26N2O2S/c1-13(15-9-5-12-21-15)18(2)16(19)17-10-6-11-20-14-7-3-4-8-14/h5,9,12-14H,3-4,6-8,10-11H2,1-2H3,(H,17,19)/t13-/m1/s1. The van der Waals surface area contributed by atoms with Gasteiger partial charge in [-0.3, -0.25) is 0 Å². The molecule has 1 aliphatic rings. The van der Waals surface area contributed by atoms with Gasteiger partial charge in [-0.1, -0.05) is 18.9 Å². The Labute approximate surface area is 131 Å². The zero-order valence-corrected chi connectivity index (χ0v) is 13.8. The third-order valence-electron chi connectivity index (χ3n) is 4.11. The summed E-state index contributed by atoms with van der Waals surface area (Å²) in [6.07, 6.45) is 6.34. The third-order valence-corrected chi connectivity index (χ3v) is 5.15. The first-order valence-electron chi connectivity index (χ1n) is 7.84. The summed E-state index contributed by atoms with van der Waals surface area (Å²) < 4.78 is 5.79. The number of carbonyl (C=O) groups is 1. The van der Waals surface area contributed by atoms with Crippen LogP contribution < -0.4 is 5.32 Å². The second-order valence-corrected chi connectivity index (χ2v) is 6.64. The van der Waals surface area contributed by atoms with Crippen LogP contribution in [-0.2, 0) is 4.74 Å². The molecule has 4 nitrogen and oxygen atoms in total. The quantitative estimate of drug-likeness (QED) is 0.778. The van der Waals surface area contributed by atoms with Crippen LogP contribution in [0.25, 0.3) is 0 Å².